The van der Waals surface area contributed by atoms with Gasteiger partial charge in [0.1, 0.15) is 5.75 Å². The normalized spacial score (nSPS) is 15.7. The van der Waals surface area contributed by atoms with Gasteiger partial charge in [-0.05, 0) is 42.8 Å². The summed E-state index contributed by atoms with van der Waals surface area (Å²) in [7, 11) is 0. The molecular formula is C21H23F3N2O3. The Hall–Kier alpha value is -2.74. The van der Waals surface area contributed by atoms with Crippen molar-refractivity contribution in [2.24, 2.45) is 0 Å². The number of nitrogens with zero attached hydrogens (tertiary/aromatic N) is 1. The lowest BCUT2D eigenvalue weighted by molar-refractivity contribution is -0.137. The molecule has 1 atom stereocenters. The smallest absolute Gasteiger partial charge is 0.416 e. The Bertz CT molecular complexity index is 819. The Morgan fingerprint density at radius 3 is 2.52 bits per heavy atom. The predicted molar refractivity (Wildman–Crippen MR) is 103 cm³/mol. The van der Waals surface area contributed by atoms with Crippen LogP contribution < -0.4 is 15.0 Å². The van der Waals surface area contributed by atoms with Gasteiger partial charge in [0.2, 0.25) is 0 Å². The highest BCUT2D eigenvalue weighted by molar-refractivity contribution is 5.78. The molecule has 8 heteroatoms. The number of carbonyl (C=O) groups excluding carboxylic acids is 1. The van der Waals surface area contributed by atoms with Crippen molar-refractivity contribution >= 4 is 11.6 Å². The SMILES string of the molecule is CC(NC(=O)COc1cccc(C(F)(F)F)c1)c1ccc(N2CCOCC2)cc1. The molecule has 0 aliphatic carbocycles. The number of anilines is 1. The molecule has 29 heavy (non-hydrogen) atoms. The van der Waals surface area contributed by atoms with E-state index in [1.54, 1.807) is 0 Å². The van der Waals surface area contributed by atoms with Gasteiger partial charge in [-0.1, -0.05) is 18.2 Å². The third-order valence-electron chi connectivity index (χ3n) is 4.68. The van der Waals surface area contributed by atoms with Crippen molar-refractivity contribution < 1.29 is 27.4 Å². The first kappa shape index (κ1) is 21.0. The van der Waals surface area contributed by atoms with E-state index in [1.165, 1.54) is 12.1 Å². The number of amides is 1. The average Bonchev–Trinajstić information content (AvgIpc) is 2.72. The maximum Gasteiger partial charge on any atom is 0.416 e. The fourth-order valence-corrected chi connectivity index (χ4v) is 3.07. The fourth-order valence-electron chi connectivity index (χ4n) is 3.07. The van der Waals surface area contributed by atoms with Gasteiger partial charge < -0.3 is 19.7 Å². The summed E-state index contributed by atoms with van der Waals surface area (Å²) in [5.41, 5.74) is 1.21. The summed E-state index contributed by atoms with van der Waals surface area (Å²) in [6, 6.07) is 12.1. The lowest BCUT2D eigenvalue weighted by Crippen LogP contribution is -2.36. The third-order valence-corrected chi connectivity index (χ3v) is 4.68. The molecule has 0 radical (unpaired) electrons. The topological polar surface area (TPSA) is 50.8 Å². The third kappa shape index (κ3) is 5.87. The molecule has 3 rings (SSSR count). The Kier molecular flexibility index (Phi) is 6.64. The first-order valence-corrected chi connectivity index (χ1v) is 9.35. The Labute approximate surface area is 167 Å². The van der Waals surface area contributed by atoms with Gasteiger partial charge in [0.05, 0.1) is 24.8 Å². The van der Waals surface area contributed by atoms with Gasteiger partial charge in [-0.3, -0.25) is 4.79 Å². The van der Waals surface area contributed by atoms with E-state index >= 15 is 0 Å². The van der Waals surface area contributed by atoms with Crippen LogP contribution in [0.4, 0.5) is 18.9 Å². The van der Waals surface area contributed by atoms with Crippen LogP contribution in [0.25, 0.3) is 0 Å². The summed E-state index contributed by atoms with van der Waals surface area (Å²) < 4.78 is 48.7. The minimum atomic E-state index is -4.45. The van der Waals surface area contributed by atoms with Crippen molar-refractivity contribution in [3.05, 3.63) is 59.7 Å². The lowest BCUT2D eigenvalue weighted by Gasteiger charge is -2.29. The van der Waals surface area contributed by atoms with Crippen molar-refractivity contribution in [3.8, 4) is 5.75 Å². The molecule has 2 aromatic rings. The lowest BCUT2D eigenvalue weighted by atomic mass is 10.1. The van der Waals surface area contributed by atoms with E-state index in [0.717, 1.165) is 36.5 Å². The highest BCUT2D eigenvalue weighted by Gasteiger charge is 2.30. The van der Waals surface area contributed by atoms with E-state index in [4.69, 9.17) is 9.47 Å². The molecule has 1 aliphatic heterocycles. The monoisotopic (exact) mass is 408 g/mol. The molecule has 1 heterocycles. The molecule has 1 saturated heterocycles. The number of ether oxygens (including phenoxy) is 2. The van der Waals surface area contributed by atoms with E-state index < -0.39 is 17.6 Å². The molecule has 0 saturated carbocycles. The van der Waals surface area contributed by atoms with Gasteiger partial charge in [0, 0.05) is 18.8 Å². The second-order valence-corrected chi connectivity index (χ2v) is 6.79. The number of carbonyl (C=O) groups is 1. The van der Waals surface area contributed by atoms with E-state index in [0.29, 0.717) is 13.2 Å². The summed E-state index contributed by atoms with van der Waals surface area (Å²) in [6.07, 6.45) is -4.45. The first-order chi connectivity index (χ1) is 13.8. The minimum absolute atomic E-state index is 0.00232. The number of alkyl halides is 3. The molecular weight excluding hydrogens is 385 g/mol. The number of halogens is 3. The molecule has 2 aromatic carbocycles. The van der Waals surface area contributed by atoms with Crippen LogP contribution in [0.15, 0.2) is 48.5 Å². The molecule has 0 bridgehead atoms. The number of hydrogen-bond acceptors (Lipinski definition) is 4. The Morgan fingerprint density at radius 2 is 1.86 bits per heavy atom. The van der Waals surface area contributed by atoms with Crippen molar-refractivity contribution in [1.29, 1.82) is 0 Å². The number of rotatable bonds is 6. The van der Waals surface area contributed by atoms with Gasteiger partial charge >= 0.3 is 6.18 Å². The number of hydrogen-bond donors (Lipinski definition) is 1. The van der Waals surface area contributed by atoms with Crippen LogP contribution in [0.3, 0.4) is 0 Å². The van der Waals surface area contributed by atoms with Crippen LogP contribution in [0.2, 0.25) is 0 Å². The fraction of sp³-hybridized carbons (Fsp3) is 0.381. The van der Waals surface area contributed by atoms with Crippen molar-refractivity contribution in [2.45, 2.75) is 19.1 Å². The van der Waals surface area contributed by atoms with Gasteiger partial charge in [0.15, 0.2) is 6.61 Å². The van der Waals surface area contributed by atoms with Crippen molar-refractivity contribution in [2.75, 3.05) is 37.8 Å². The van der Waals surface area contributed by atoms with Crippen molar-refractivity contribution in [1.82, 2.24) is 5.32 Å². The zero-order valence-electron chi connectivity index (χ0n) is 16.0. The quantitative estimate of drug-likeness (QED) is 0.790. The van der Waals surface area contributed by atoms with E-state index in [-0.39, 0.29) is 18.4 Å². The Morgan fingerprint density at radius 1 is 1.17 bits per heavy atom. The Balaban J connectivity index is 1.51. The highest BCUT2D eigenvalue weighted by Crippen LogP contribution is 2.31. The van der Waals surface area contributed by atoms with Crippen LogP contribution >= 0.6 is 0 Å². The van der Waals surface area contributed by atoms with Gasteiger partial charge in [-0.2, -0.15) is 13.2 Å². The molecule has 0 aromatic heterocycles. The summed E-state index contributed by atoms with van der Waals surface area (Å²) in [5.74, 6) is -0.412. The summed E-state index contributed by atoms with van der Waals surface area (Å²) in [6.45, 7) is 4.58. The molecule has 1 unspecified atom stereocenters. The first-order valence-electron chi connectivity index (χ1n) is 9.35. The maximum atomic E-state index is 12.7. The van der Waals surface area contributed by atoms with Crippen molar-refractivity contribution in [3.63, 3.8) is 0 Å². The van der Waals surface area contributed by atoms with Crippen LogP contribution in [-0.4, -0.2) is 38.8 Å². The van der Waals surface area contributed by atoms with Gasteiger partial charge in [-0.25, -0.2) is 0 Å². The average molecular weight is 408 g/mol. The molecule has 0 spiro atoms. The van der Waals surface area contributed by atoms with Crippen LogP contribution in [0.5, 0.6) is 5.75 Å². The summed E-state index contributed by atoms with van der Waals surface area (Å²) >= 11 is 0. The minimum Gasteiger partial charge on any atom is -0.484 e. The standard InChI is InChI=1S/C21H23F3N2O3/c1-15(16-5-7-18(8-6-16)26-9-11-28-12-10-26)25-20(27)14-29-19-4-2-3-17(13-19)21(22,23)24/h2-8,13,15H,9-12,14H2,1H3,(H,25,27). The van der Waals surface area contributed by atoms with E-state index in [9.17, 15) is 18.0 Å². The number of nitrogens with one attached hydrogen (secondary N) is 1. The van der Waals surface area contributed by atoms with Crippen LogP contribution in [-0.2, 0) is 15.7 Å². The highest BCUT2D eigenvalue weighted by atomic mass is 19.4. The summed E-state index contributed by atoms with van der Waals surface area (Å²) in [4.78, 5) is 14.4. The summed E-state index contributed by atoms with van der Waals surface area (Å²) in [5, 5.41) is 2.79. The van der Waals surface area contributed by atoms with Gasteiger partial charge in [0.25, 0.3) is 5.91 Å². The second kappa shape index (κ2) is 9.17. The molecule has 1 N–H and O–H groups in total. The molecule has 1 aliphatic rings. The molecule has 156 valence electrons. The zero-order chi connectivity index (χ0) is 20.9. The van der Waals surface area contributed by atoms with E-state index in [2.05, 4.69) is 10.2 Å². The second-order valence-electron chi connectivity index (χ2n) is 6.79. The predicted octanol–water partition coefficient (Wildman–Crippen LogP) is 3.80. The molecule has 1 fully saturated rings. The number of morpholine rings is 1. The molecule has 5 nitrogen and oxygen atoms in total. The molecule has 1 amide bonds. The maximum absolute atomic E-state index is 12.7. The van der Waals surface area contributed by atoms with Crippen LogP contribution in [0.1, 0.15) is 24.1 Å². The zero-order valence-corrected chi connectivity index (χ0v) is 16.0. The van der Waals surface area contributed by atoms with Crippen LogP contribution in [0, 0.1) is 0 Å². The van der Waals surface area contributed by atoms with Gasteiger partial charge in [-0.15, -0.1) is 0 Å². The van der Waals surface area contributed by atoms with E-state index in [1.807, 2.05) is 31.2 Å². The number of benzene rings is 2. The largest absolute Gasteiger partial charge is 0.484 e.